The topological polar surface area (TPSA) is 69.6 Å². The maximum Gasteiger partial charge on any atom is 0.220 e. The van der Waals surface area contributed by atoms with Crippen LogP contribution in [-0.4, -0.2) is 35.4 Å². The average Bonchev–Trinajstić information content (AvgIpc) is 2.62. The highest BCUT2D eigenvalue weighted by atomic mass is 16.3. The Morgan fingerprint density at radius 1 is 0.920 bits per heavy atom. The number of hydrogen-bond donors (Lipinski definition) is 3. The molecular formula is C21H37NO3. The molecule has 0 fully saturated rings. The molecule has 1 unspecified atom stereocenters. The summed E-state index contributed by atoms with van der Waals surface area (Å²) in [5.74, 6) is -0.0475. The molecule has 0 aliphatic rings. The van der Waals surface area contributed by atoms with E-state index in [0.717, 1.165) is 44.9 Å². The van der Waals surface area contributed by atoms with Crippen molar-refractivity contribution in [1.82, 2.24) is 5.32 Å². The number of amides is 1. The van der Waals surface area contributed by atoms with Crippen LogP contribution in [0.2, 0.25) is 0 Å². The standard InChI is InChI=1S/C21H37NO3/c1-2-3-4-5-6-7-8-9-10-11-12-13-14-15-16-17-21(25)22-18-20(24)19-23/h3-4,6-7,9-10,20,23-24H,2,5,8,11-19H2,1H3,(H,22,25)/b4-3-,7-6-,10-9-. The molecule has 0 bridgehead atoms. The highest BCUT2D eigenvalue weighted by molar-refractivity contribution is 5.75. The first-order valence-corrected chi connectivity index (χ1v) is 9.71. The number of carbonyl (C=O) groups is 1. The van der Waals surface area contributed by atoms with E-state index in [1.165, 1.54) is 12.8 Å². The number of carbonyl (C=O) groups excluding carboxylic acids is 1. The minimum Gasteiger partial charge on any atom is -0.394 e. The number of nitrogens with one attached hydrogen (secondary N) is 1. The van der Waals surface area contributed by atoms with Gasteiger partial charge in [-0.3, -0.25) is 4.79 Å². The van der Waals surface area contributed by atoms with E-state index >= 15 is 0 Å². The Hall–Kier alpha value is -1.39. The molecule has 0 aromatic rings. The molecule has 0 rings (SSSR count). The molecule has 4 heteroatoms. The van der Waals surface area contributed by atoms with Crippen molar-refractivity contribution in [3.05, 3.63) is 36.5 Å². The molecule has 0 saturated heterocycles. The third kappa shape index (κ3) is 18.8. The monoisotopic (exact) mass is 351 g/mol. The molecule has 0 saturated carbocycles. The number of allylic oxidation sites excluding steroid dienone is 6. The van der Waals surface area contributed by atoms with Crippen molar-refractivity contribution in [1.29, 1.82) is 0 Å². The second kappa shape index (κ2) is 18.9. The van der Waals surface area contributed by atoms with Crippen LogP contribution in [0, 0.1) is 0 Å². The van der Waals surface area contributed by atoms with E-state index in [-0.39, 0.29) is 19.1 Å². The third-order valence-corrected chi connectivity index (χ3v) is 3.80. The van der Waals surface area contributed by atoms with Crippen molar-refractivity contribution in [2.75, 3.05) is 13.2 Å². The van der Waals surface area contributed by atoms with Gasteiger partial charge >= 0.3 is 0 Å². The Morgan fingerprint density at radius 2 is 1.52 bits per heavy atom. The van der Waals surface area contributed by atoms with E-state index in [1.54, 1.807) is 0 Å². The first-order chi connectivity index (χ1) is 12.2. The van der Waals surface area contributed by atoms with Gasteiger partial charge in [-0.15, -0.1) is 0 Å². The SMILES string of the molecule is CC/C=C\C/C=C\C/C=C\CCCCCCCC(=O)NCC(O)CO. The van der Waals surface area contributed by atoms with Crippen molar-refractivity contribution < 1.29 is 15.0 Å². The summed E-state index contributed by atoms with van der Waals surface area (Å²) in [6.07, 6.45) is 22.7. The van der Waals surface area contributed by atoms with Crippen LogP contribution in [0.15, 0.2) is 36.5 Å². The number of hydrogen-bond acceptors (Lipinski definition) is 3. The number of aliphatic hydroxyl groups is 2. The predicted molar refractivity (Wildman–Crippen MR) is 105 cm³/mol. The highest BCUT2D eigenvalue weighted by Gasteiger charge is 2.05. The number of rotatable bonds is 16. The van der Waals surface area contributed by atoms with E-state index in [0.29, 0.717) is 6.42 Å². The second-order valence-corrected chi connectivity index (χ2v) is 6.24. The zero-order valence-corrected chi connectivity index (χ0v) is 15.8. The lowest BCUT2D eigenvalue weighted by atomic mass is 10.1. The quantitative estimate of drug-likeness (QED) is 0.290. The van der Waals surface area contributed by atoms with Crippen molar-refractivity contribution in [3.63, 3.8) is 0 Å². The minimum absolute atomic E-state index is 0.0475. The molecule has 144 valence electrons. The zero-order chi connectivity index (χ0) is 18.6. The molecule has 0 spiro atoms. The van der Waals surface area contributed by atoms with Crippen LogP contribution in [0.1, 0.15) is 71.1 Å². The van der Waals surface area contributed by atoms with Gasteiger partial charge in [-0.1, -0.05) is 62.6 Å². The summed E-state index contributed by atoms with van der Waals surface area (Å²) in [5.41, 5.74) is 0. The summed E-state index contributed by atoms with van der Waals surface area (Å²) in [7, 11) is 0. The van der Waals surface area contributed by atoms with Gasteiger partial charge in [-0.05, 0) is 38.5 Å². The Labute approximate surface area is 153 Å². The van der Waals surface area contributed by atoms with Gasteiger partial charge in [0.25, 0.3) is 0 Å². The van der Waals surface area contributed by atoms with E-state index < -0.39 is 6.10 Å². The molecule has 3 N–H and O–H groups in total. The summed E-state index contributed by atoms with van der Waals surface area (Å²) in [4.78, 5) is 11.5. The van der Waals surface area contributed by atoms with Crippen molar-refractivity contribution in [2.45, 2.75) is 77.2 Å². The molecule has 0 aliphatic carbocycles. The number of aliphatic hydroxyl groups excluding tert-OH is 2. The predicted octanol–water partition coefficient (Wildman–Crippen LogP) is 4.05. The fourth-order valence-corrected chi connectivity index (χ4v) is 2.29. The molecule has 0 heterocycles. The lowest BCUT2D eigenvalue weighted by Gasteiger charge is -2.08. The minimum atomic E-state index is -0.856. The first-order valence-electron chi connectivity index (χ1n) is 9.71. The average molecular weight is 352 g/mol. The lowest BCUT2D eigenvalue weighted by molar-refractivity contribution is -0.121. The summed E-state index contributed by atoms with van der Waals surface area (Å²) in [5, 5.41) is 20.4. The second-order valence-electron chi connectivity index (χ2n) is 6.24. The molecule has 0 aromatic heterocycles. The van der Waals surface area contributed by atoms with Gasteiger partial charge in [0.2, 0.25) is 5.91 Å². The Kier molecular flexibility index (Phi) is 17.9. The molecule has 0 aliphatic heterocycles. The Morgan fingerprint density at radius 3 is 2.20 bits per heavy atom. The molecule has 4 nitrogen and oxygen atoms in total. The van der Waals surface area contributed by atoms with Crippen LogP contribution < -0.4 is 5.32 Å². The molecule has 0 radical (unpaired) electrons. The van der Waals surface area contributed by atoms with Crippen LogP contribution in [0.3, 0.4) is 0 Å². The highest BCUT2D eigenvalue weighted by Crippen LogP contribution is 2.08. The normalized spacial score (nSPS) is 13.2. The van der Waals surface area contributed by atoms with Crippen LogP contribution in [0.25, 0.3) is 0 Å². The van der Waals surface area contributed by atoms with Crippen LogP contribution >= 0.6 is 0 Å². The first kappa shape index (κ1) is 23.6. The van der Waals surface area contributed by atoms with Crippen LogP contribution in [-0.2, 0) is 4.79 Å². The summed E-state index contributed by atoms with van der Waals surface area (Å²) in [6.45, 7) is 1.96. The van der Waals surface area contributed by atoms with E-state index in [2.05, 4.69) is 48.7 Å². The van der Waals surface area contributed by atoms with Gasteiger partial charge in [0, 0.05) is 13.0 Å². The van der Waals surface area contributed by atoms with Crippen molar-refractivity contribution in [3.8, 4) is 0 Å². The van der Waals surface area contributed by atoms with Gasteiger partial charge in [-0.2, -0.15) is 0 Å². The molecule has 25 heavy (non-hydrogen) atoms. The third-order valence-electron chi connectivity index (χ3n) is 3.80. The maximum atomic E-state index is 11.5. The summed E-state index contributed by atoms with van der Waals surface area (Å²) < 4.78 is 0. The lowest BCUT2D eigenvalue weighted by Crippen LogP contribution is -2.33. The van der Waals surface area contributed by atoms with Gasteiger partial charge in [0.05, 0.1) is 12.7 Å². The molecule has 1 atom stereocenters. The number of unbranched alkanes of at least 4 members (excludes halogenated alkanes) is 5. The zero-order valence-electron chi connectivity index (χ0n) is 15.8. The van der Waals surface area contributed by atoms with E-state index in [1.807, 2.05) is 0 Å². The Balaban J connectivity index is 3.34. The molecule has 1 amide bonds. The summed E-state index contributed by atoms with van der Waals surface area (Å²) in [6, 6.07) is 0. The van der Waals surface area contributed by atoms with Crippen molar-refractivity contribution in [2.24, 2.45) is 0 Å². The van der Waals surface area contributed by atoms with Gasteiger partial charge in [-0.25, -0.2) is 0 Å². The van der Waals surface area contributed by atoms with Gasteiger partial charge < -0.3 is 15.5 Å². The van der Waals surface area contributed by atoms with Crippen LogP contribution in [0.4, 0.5) is 0 Å². The molecular weight excluding hydrogens is 314 g/mol. The van der Waals surface area contributed by atoms with Crippen LogP contribution in [0.5, 0.6) is 0 Å². The van der Waals surface area contributed by atoms with Gasteiger partial charge in [0.1, 0.15) is 0 Å². The fraction of sp³-hybridized carbons (Fsp3) is 0.667. The molecule has 0 aromatic carbocycles. The largest absolute Gasteiger partial charge is 0.394 e. The van der Waals surface area contributed by atoms with Crippen molar-refractivity contribution >= 4 is 5.91 Å². The van der Waals surface area contributed by atoms with E-state index in [4.69, 9.17) is 10.2 Å². The van der Waals surface area contributed by atoms with E-state index in [9.17, 15) is 4.79 Å². The smallest absolute Gasteiger partial charge is 0.220 e. The summed E-state index contributed by atoms with van der Waals surface area (Å²) >= 11 is 0. The Bertz CT molecular complexity index is 389. The maximum absolute atomic E-state index is 11.5. The van der Waals surface area contributed by atoms with Gasteiger partial charge in [0.15, 0.2) is 0 Å². The fourth-order valence-electron chi connectivity index (χ4n) is 2.29.